The fraction of sp³-hybridized carbons (Fsp3) is 0.526. The van der Waals surface area contributed by atoms with Crippen molar-refractivity contribution in [3.05, 3.63) is 29.8 Å². The molecular weight excluding hydrogens is 320 g/mol. The van der Waals surface area contributed by atoms with Crippen LogP contribution >= 0.6 is 0 Å². The number of hydrogen-bond acceptors (Lipinski definition) is 5. The van der Waals surface area contributed by atoms with E-state index in [0.717, 1.165) is 25.9 Å². The number of likely N-dealkylation sites (N-methyl/N-ethyl adjacent to an activating group) is 1. The van der Waals surface area contributed by atoms with E-state index in [-0.39, 0.29) is 24.2 Å². The molecule has 1 heterocycles. The van der Waals surface area contributed by atoms with Gasteiger partial charge in [-0.25, -0.2) is 9.69 Å². The molecule has 1 unspecified atom stereocenters. The standard InChI is InChI=1S/C19H26N2O4/c1-4-7-12-25-19(24)14-8-10-15(11-9-14)21-17(22)13-16(18(21)23)20(5-2)6-3/h8-11,16H,4-7,12-13H2,1-3H3. The number of carbonyl (C=O) groups is 3. The van der Waals surface area contributed by atoms with Gasteiger partial charge in [-0.05, 0) is 43.8 Å². The molecule has 6 heteroatoms. The number of rotatable bonds is 8. The van der Waals surface area contributed by atoms with Crippen LogP contribution < -0.4 is 4.90 Å². The largest absolute Gasteiger partial charge is 0.462 e. The Morgan fingerprint density at radius 2 is 1.80 bits per heavy atom. The molecule has 0 N–H and O–H groups in total. The quantitative estimate of drug-likeness (QED) is 0.411. The maximum absolute atomic E-state index is 12.6. The van der Waals surface area contributed by atoms with Gasteiger partial charge in [0.15, 0.2) is 0 Å². The second-order valence-corrected chi connectivity index (χ2v) is 6.04. The van der Waals surface area contributed by atoms with Crippen LogP contribution in [0.1, 0.15) is 50.4 Å². The van der Waals surface area contributed by atoms with Crippen LogP contribution in [0.4, 0.5) is 5.69 Å². The van der Waals surface area contributed by atoms with Gasteiger partial charge in [0, 0.05) is 0 Å². The van der Waals surface area contributed by atoms with Crippen LogP contribution in [0, 0.1) is 0 Å². The number of unbranched alkanes of at least 4 members (excludes halogenated alkanes) is 1. The lowest BCUT2D eigenvalue weighted by Crippen LogP contribution is -2.42. The van der Waals surface area contributed by atoms with Crippen molar-refractivity contribution in [1.29, 1.82) is 0 Å². The second-order valence-electron chi connectivity index (χ2n) is 6.04. The lowest BCUT2D eigenvalue weighted by atomic mass is 10.2. The van der Waals surface area contributed by atoms with Crippen LogP contribution in [-0.2, 0) is 14.3 Å². The molecular formula is C19H26N2O4. The molecule has 2 amide bonds. The Morgan fingerprint density at radius 3 is 2.36 bits per heavy atom. The smallest absolute Gasteiger partial charge is 0.338 e. The molecule has 2 rings (SSSR count). The average Bonchev–Trinajstić information content (AvgIpc) is 2.91. The summed E-state index contributed by atoms with van der Waals surface area (Å²) in [7, 11) is 0. The van der Waals surface area contributed by atoms with E-state index in [1.54, 1.807) is 24.3 Å². The first kappa shape index (κ1) is 19.1. The third kappa shape index (κ3) is 4.25. The maximum atomic E-state index is 12.6. The monoisotopic (exact) mass is 346 g/mol. The fourth-order valence-electron chi connectivity index (χ4n) is 2.98. The zero-order valence-corrected chi connectivity index (χ0v) is 15.2. The Kier molecular flexibility index (Phi) is 6.70. The van der Waals surface area contributed by atoms with Crippen LogP contribution in [0.15, 0.2) is 24.3 Å². The van der Waals surface area contributed by atoms with Gasteiger partial charge in [-0.3, -0.25) is 14.5 Å². The molecule has 0 bridgehead atoms. The van der Waals surface area contributed by atoms with E-state index in [1.807, 2.05) is 25.7 Å². The summed E-state index contributed by atoms with van der Waals surface area (Å²) in [5, 5.41) is 0. The minimum Gasteiger partial charge on any atom is -0.462 e. The van der Waals surface area contributed by atoms with Gasteiger partial charge in [-0.2, -0.15) is 0 Å². The highest BCUT2D eigenvalue weighted by Crippen LogP contribution is 2.26. The molecule has 0 spiro atoms. The summed E-state index contributed by atoms with van der Waals surface area (Å²) < 4.78 is 5.16. The van der Waals surface area contributed by atoms with E-state index in [0.29, 0.717) is 17.9 Å². The first-order chi connectivity index (χ1) is 12.0. The summed E-state index contributed by atoms with van der Waals surface area (Å²) >= 11 is 0. The number of imide groups is 1. The molecule has 1 atom stereocenters. The lowest BCUT2D eigenvalue weighted by molar-refractivity contribution is -0.122. The third-order valence-electron chi connectivity index (χ3n) is 4.47. The van der Waals surface area contributed by atoms with Gasteiger partial charge < -0.3 is 4.74 Å². The molecule has 1 aromatic carbocycles. The van der Waals surface area contributed by atoms with E-state index < -0.39 is 6.04 Å². The van der Waals surface area contributed by atoms with Gasteiger partial charge in [0.25, 0.3) is 5.91 Å². The Balaban J connectivity index is 2.10. The summed E-state index contributed by atoms with van der Waals surface area (Å²) in [5.74, 6) is -0.799. The number of esters is 1. The molecule has 0 radical (unpaired) electrons. The molecule has 25 heavy (non-hydrogen) atoms. The average molecular weight is 346 g/mol. The van der Waals surface area contributed by atoms with Crippen LogP contribution in [0.25, 0.3) is 0 Å². The van der Waals surface area contributed by atoms with E-state index in [4.69, 9.17) is 4.74 Å². The zero-order chi connectivity index (χ0) is 18.4. The van der Waals surface area contributed by atoms with Crippen LogP contribution in [0.5, 0.6) is 0 Å². The Bertz CT molecular complexity index is 623. The second kappa shape index (κ2) is 8.76. The molecule has 6 nitrogen and oxygen atoms in total. The van der Waals surface area contributed by atoms with Gasteiger partial charge in [-0.1, -0.05) is 27.2 Å². The molecule has 0 aliphatic carbocycles. The number of ether oxygens (including phenoxy) is 1. The minimum atomic E-state index is -0.402. The molecule has 1 aliphatic heterocycles. The van der Waals surface area contributed by atoms with Crippen LogP contribution in [-0.4, -0.2) is 48.4 Å². The highest BCUT2D eigenvalue weighted by molar-refractivity contribution is 6.22. The number of hydrogen-bond donors (Lipinski definition) is 0. The van der Waals surface area contributed by atoms with E-state index in [1.165, 1.54) is 4.90 Å². The van der Waals surface area contributed by atoms with E-state index >= 15 is 0 Å². The maximum Gasteiger partial charge on any atom is 0.338 e. The minimum absolute atomic E-state index is 0.196. The summed E-state index contributed by atoms with van der Waals surface area (Å²) in [5.41, 5.74) is 0.911. The molecule has 0 saturated carbocycles. The number of anilines is 1. The number of benzene rings is 1. The van der Waals surface area contributed by atoms with Crippen LogP contribution in [0.2, 0.25) is 0 Å². The lowest BCUT2D eigenvalue weighted by Gasteiger charge is -2.24. The van der Waals surface area contributed by atoms with Gasteiger partial charge in [-0.15, -0.1) is 0 Å². The molecule has 1 saturated heterocycles. The highest BCUT2D eigenvalue weighted by atomic mass is 16.5. The summed E-state index contributed by atoms with van der Waals surface area (Å²) in [6.07, 6.45) is 1.98. The normalized spacial score (nSPS) is 17.4. The number of amides is 2. The topological polar surface area (TPSA) is 66.9 Å². The van der Waals surface area contributed by atoms with Gasteiger partial charge in [0.1, 0.15) is 0 Å². The van der Waals surface area contributed by atoms with Crippen molar-refractivity contribution >= 4 is 23.5 Å². The third-order valence-corrected chi connectivity index (χ3v) is 4.47. The molecule has 136 valence electrons. The van der Waals surface area contributed by atoms with Crippen molar-refractivity contribution in [2.75, 3.05) is 24.6 Å². The summed E-state index contributed by atoms with van der Waals surface area (Å²) in [6, 6.07) is 6.03. The van der Waals surface area contributed by atoms with Crippen molar-refractivity contribution in [3.8, 4) is 0 Å². The van der Waals surface area contributed by atoms with Crippen molar-refractivity contribution in [2.45, 2.75) is 46.1 Å². The van der Waals surface area contributed by atoms with Crippen molar-refractivity contribution in [3.63, 3.8) is 0 Å². The Morgan fingerprint density at radius 1 is 1.16 bits per heavy atom. The molecule has 0 aromatic heterocycles. The predicted molar refractivity (Wildman–Crippen MR) is 95.5 cm³/mol. The first-order valence-corrected chi connectivity index (χ1v) is 8.91. The van der Waals surface area contributed by atoms with Gasteiger partial charge >= 0.3 is 5.97 Å². The summed E-state index contributed by atoms with van der Waals surface area (Å²) in [6.45, 7) is 7.81. The summed E-state index contributed by atoms with van der Waals surface area (Å²) in [4.78, 5) is 40.1. The van der Waals surface area contributed by atoms with Crippen LogP contribution in [0.3, 0.4) is 0 Å². The molecule has 1 aromatic rings. The number of carbonyl (C=O) groups excluding carboxylic acids is 3. The predicted octanol–water partition coefficient (Wildman–Crippen LogP) is 2.62. The SMILES string of the molecule is CCCCOC(=O)c1ccc(N2C(=O)CC(N(CC)CC)C2=O)cc1. The molecule has 1 fully saturated rings. The van der Waals surface area contributed by atoms with Crippen molar-refractivity contribution in [1.82, 2.24) is 4.90 Å². The highest BCUT2D eigenvalue weighted by Gasteiger charge is 2.41. The molecule has 1 aliphatic rings. The first-order valence-electron chi connectivity index (χ1n) is 8.91. The Hall–Kier alpha value is -2.21. The van der Waals surface area contributed by atoms with E-state index in [2.05, 4.69) is 0 Å². The van der Waals surface area contributed by atoms with E-state index in [9.17, 15) is 14.4 Å². The van der Waals surface area contributed by atoms with Crippen molar-refractivity contribution < 1.29 is 19.1 Å². The van der Waals surface area contributed by atoms with Gasteiger partial charge in [0.2, 0.25) is 5.91 Å². The number of nitrogens with zero attached hydrogens (tertiary/aromatic N) is 2. The fourth-order valence-corrected chi connectivity index (χ4v) is 2.98. The zero-order valence-electron chi connectivity index (χ0n) is 15.2. The van der Waals surface area contributed by atoms with Crippen molar-refractivity contribution in [2.24, 2.45) is 0 Å². The Labute approximate surface area is 148 Å². The van der Waals surface area contributed by atoms with Gasteiger partial charge in [0.05, 0.1) is 30.3 Å².